The van der Waals surface area contributed by atoms with Crippen LogP contribution in [0, 0.1) is 0 Å². The molecule has 0 unspecified atom stereocenters. The van der Waals surface area contributed by atoms with E-state index in [1.165, 1.54) is 0 Å². The van der Waals surface area contributed by atoms with Crippen LogP contribution in [-0.2, 0) is 0 Å². The van der Waals surface area contributed by atoms with E-state index in [-0.39, 0.29) is 24.0 Å². The summed E-state index contributed by atoms with van der Waals surface area (Å²) in [6.07, 6.45) is 6.52. The molecule has 3 fully saturated rings. The normalized spacial score (nSPS) is 22.9. The maximum absolute atomic E-state index is 14.9. The minimum Gasteiger partial charge on any atom is -0.492 e. The highest BCUT2D eigenvalue weighted by molar-refractivity contribution is 5.99. The number of ether oxygens (including phenoxy) is 1. The first kappa shape index (κ1) is 30.0. The summed E-state index contributed by atoms with van der Waals surface area (Å²) in [4.78, 5) is 42.4. The summed E-state index contributed by atoms with van der Waals surface area (Å²) in [5.74, 6) is 0.350. The number of nitrogens with one attached hydrogen (secondary N) is 2. The number of anilines is 1. The molecule has 42 heavy (non-hydrogen) atoms. The van der Waals surface area contributed by atoms with E-state index < -0.39 is 11.7 Å². The maximum atomic E-state index is 14.9. The van der Waals surface area contributed by atoms with Crippen molar-refractivity contribution in [2.75, 3.05) is 50.8 Å². The van der Waals surface area contributed by atoms with E-state index in [1.54, 1.807) is 31.1 Å². The number of alkyl halides is 1. The summed E-state index contributed by atoms with van der Waals surface area (Å²) in [5.41, 5.74) is 0.910. The molecule has 0 spiro atoms. The van der Waals surface area contributed by atoms with Crippen LogP contribution in [0.2, 0.25) is 0 Å². The van der Waals surface area contributed by atoms with Crippen LogP contribution in [0.1, 0.15) is 63.9 Å². The quantitative estimate of drug-likeness (QED) is 0.488. The van der Waals surface area contributed by atoms with E-state index in [0.29, 0.717) is 62.0 Å². The molecule has 5 rings (SSSR count). The van der Waals surface area contributed by atoms with Crippen molar-refractivity contribution in [2.45, 2.75) is 77.2 Å². The molecule has 2 aromatic rings. The van der Waals surface area contributed by atoms with Crippen LogP contribution in [0.4, 0.5) is 14.9 Å². The summed E-state index contributed by atoms with van der Waals surface area (Å²) >= 11 is 0. The average molecular weight is 582 g/mol. The second-order valence-electron chi connectivity index (χ2n) is 11.9. The van der Waals surface area contributed by atoms with Gasteiger partial charge in [0, 0.05) is 68.8 Å². The predicted octanol–water partition coefficient (Wildman–Crippen LogP) is 3.87. The number of hydrogen-bond acceptors (Lipinski definition) is 7. The molecule has 3 aliphatic heterocycles. The highest BCUT2D eigenvalue weighted by Crippen LogP contribution is 2.37. The molecule has 3 amide bonds. The van der Waals surface area contributed by atoms with Crippen LogP contribution in [-0.4, -0.2) is 101 Å². The van der Waals surface area contributed by atoms with Crippen molar-refractivity contribution in [2.24, 2.45) is 0 Å². The molecule has 2 N–H and O–H groups in total. The second kappa shape index (κ2) is 12.8. The topological polar surface area (TPSA) is 103 Å². The molecule has 3 aliphatic rings. The third-order valence-electron chi connectivity index (χ3n) is 8.64. The Balaban J connectivity index is 1.47. The lowest BCUT2D eigenvalue weighted by molar-refractivity contribution is 0.0739. The van der Waals surface area contributed by atoms with Crippen LogP contribution in [0.15, 0.2) is 30.6 Å². The Hall–Kier alpha value is -3.47. The number of halogens is 1. The lowest BCUT2D eigenvalue weighted by Crippen LogP contribution is -2.59. The van der Waals surface area contributed by atoms with Gasteiger partial charge in [-0.05, 0) is 65.1 Å². The number of nitrogens with zero attached hydrogens (tertiary/aromatic N) is 5. The van der Waals surface area contributed by atoms with E-state index in [4.69, 9.17) is 9.72 Å². The molecule has 5 heterocycles. The highest BCUT2D eigenvalue weighted by atomic mass is 19.1. The SMILES string of the molecule is CCOc1cc(N2CCN(C(=O)N3CCC[C@H]3C(C)(C)F)C[C@H]2CC)c(C(=O)N[C@@H]2CCNC2)nc1-c1cccnc1. The van der Waals surface area contributed by atoms with Crippen molar-refractivity contribution < 1.29 is 18.7 Å². The Morgan fingerprint density at radius 2 is 2.05 bits per heavy atom. The zero-order chi connectivity index (χ0) is 29.9. The Kier molecular flexibility index (Phi) is 9.15. The fourth-order valence-corrected chi connectivity index (χ4v) is 6.46. The van der Waals surface area contributed by atoms with Gasteiger partial charge in [0.15, 0.2) is 5.69 Å². The molecule has 3 atom stereocenters. The van der Waals surface area contributed by atoms with Crippen molar-refractivity contribution in [3.05, 3.63) is 36.3 Å². The van der Waals surface area contributed by atoms with Gasteiger partial charge in [-0.15, -0.1) is 0 Å². The van der Waals surface area contributed by atoms with E-state index in [1.807, 2.05) is 30.0 Å². The first-order valence-corrected chi connectivity index (χ1v) is 15.3. The van der Waals surface area contributed by atoms with Crippen LogP contribution in [0.5, 0.6) is 5.75 Å². The first-order valence-electron chi connectivity index (χ1n) is 15.3. The van der Waals surface area contributed by atoms with Crippen molar-refractivity contribution in [3.8, 4) is 17.0 Å². The number of piperazine rings is 1. The van der Waals surface area contributed by atoms with Gasteiger partial charge in [0.05, 0.1) is 18.3 Å². The highest BCUT2D eigenvalue weighted by Gasteiger charge is 2.43. The van der Waals surface area contributed by atoms with Gasteiger partial charge >= 0.3 is 6.03 Å². The minimum atomic E-state index is -1.45. The molecular formula is C31H44FN7O3. The van der Waals surface area contributed by atoms with Crippen LogP contribution < -0.4 is 20.3 Å². The van der Waals surface area contributed by atoms with Crippen molar-refractivity contribution in [1.29, 1.82) is 0 Å². The molecule has 10 nitrogen and oxygen atoms in total. The molecule has 228 valence electrons. The summed E-state index contributed by atoms with van der Waals surface area (Å²) in [6, 6.07) is 5.12. The predicted molar refractivity (Wildman–Crippen MR) is 161 cm³/mol. The molecule has 0 aliphatic carbocycles. The van der Waals surface area contributed by atoms with E-state index in [9.17, 15) is 14.0 Å². The second-order valence-corrected chi connectivity index (χ2v) is 11.9. The molecule has 3 saturated heterocycles. The number of urea groups is 1. The number of aromatic nitrogens is 2. The van der Waals surface area contributed by atoms with Crippen LogP contribution >= 0.6 is 0 Å². The van der Waals surface area contributed by atoms with Crippen molar-refractivity contribution >= 4 is 17.6 Å². The third-order valence-corrected chi connectivity index (χ3v) is 8.64. The van der Waals surface area contributed by atoms with Crippen LogP contribution in [0.3, 0.4) is 0 Å². The third kappa shape index (κ3) is 6.30. The zero-order valence-corrected chi connectivity index (χ0v) is 25.2. The van der Waals surface area contributed by atoms with E-state index in [2.05, 4.69) is 27.4 Å². The summed E-state index contributed by atoms with van der Waals surface area (Å²) < 4.78 is 21.0. The number of carbonyl (C=O) groups is 2. The largest absolute Gasteiger partial charge is 0.492 e. The van der Waals surface area contributed by atoms with Gasteiger partial charge in [-0.25, -0.2) is 14.2 Å². The monoisotopic (exact) mass is 581 g/mol. The Morgan fingerprint density at radius 3 is 2.71 bits per heavy atom. The number of likely N-dealkylation sites (tertiary alicyclic amines) is 1. The lowest BCUT2D eigenvalue weighted by atomic mass is 9.98. The average Bonchev–Trinajstić information content (AvgIpc) is 3.70. The van der Waals surface area contributed by atoms with E-state index >= 15 is 0 Å². The fraction of sp³-hybridized carbons (Fsp3) is 0.613. The van der Waals surface area contributed by atoms with Gasteiger partial charge in [0.25, 0.3) is 5.91 Å². The van der Waals surface area contributed by atoms with Crippen molar-refractivity contribution in [3.63, 3.8) is 0 Å². The van der Waals surface area contributed by atoms with Gasteiger partial charge in [-0.3, -0.25) is 9.78 Å². The van der Waals surface area contributed by atoms with Gasteiger partial charge in [0.2, 0.25) is 0 Å². The summed E-state index contributed by atoms with van der Waals surface area (Å²) in [5, 5.41) is 6.47. The first-order chi connectivity index (χ1) is 20.2. The number of amides is 3. The summed E-state index contributed by atoms with van der Waals surface area (Å²) in [6.45, 7) is 11.2. The Labute approximate surface area is 248 Å². The van der Waals surface area contributed by atoms with Gasteiger partial charge in [-0.2, -0.15) is 0 Å². The fourth-order valence-electron chi connectivity index (χ4n) is 6.46. The number of hydrogen-bond donors (Lipinski definition) is 2. The minimum absolute atomic E-state index is 0.0326. The lowest BCUT2D eigenvalue weighted by Gasteiger charge is -2.45. The molecule has 0 saturated carbocycles. The van der Waals surface area contributed by atoms with Gasteiger partial charge < -0.3 is 30.1 Å². The van der Waals surface area contributed by atoms with Crippen LogP contribution in [0.25, 0.3) is 11.3 Å². The molecule has 11 heteroatoms. The number of carbonyl (C=O) groups excluding carboxylic acids is 2. The maximum Gasteiger partial charge on any atom is 0.320 e. The molecule has 0 aromatic carbocycles. The zero-order valence-electron chi connectivity index (χ0n) is 25.2. The van der Waals surface area contributed by atoms with Crippen molar-refractivity contribution in [1.82, 2.24) is 30.4 Å². The number of pyridine rings is 2. The molecule has 0 bridgehead atoms. The molecular weight excluding hydrogens is 537 g/mol. The van der Waals surface area contributed by atoms with E-state index in [0.717, 1.165) is 37.9 Å². The molecule has 2 aromatic heterocycles. The summed E-state index contributed by atoms with van der Waals surface area (Å²) in [7, 11) is 0. The van der Waals surface area contributed by atoms with Gasteiger partial charge in [-0.1, -0.05) is 6.92 Å². The van der Waals surface area contributed by atoms with Gasteiger partial charge in [0.1, 0.15) is 17.1 Å². The molecule has 0 radical (unpaired) electrons. The Bertz CT molecular complexity index is 1250. The smallest absolute Gasteiger partial charge is 0.320 e. The standard InChI is InChI=1S/C31H44FN7O3/c1-5-23-20-37(30(41)39-14-8-10-26(39)31(3,4)32)15-16-38(23)24-17-25(42-6-2)27(21-9-7-12-33-18-21)36-28(24)29(40)35-22-11-13-34-19-22/h7,9,12,17-18,22-23,26,34H,5-6,8,10-11,13-16,19-20H2,1-4H3,(H,35,40)/t22-,23-,26+/m1/s1. The Morgan fingerprint density at radius 1 is 1.21 bits per heavy atom. The number of rotatable bonds is 8.